The topological polar surface area (TPSA) is 139 Å². The Morgan fingerprint density at radius 2 is 0.727 bits per heavy atom. The highest BCUT2D eigenvalue weighted by Gasteiger charge is 1.93. The lowest BCUT2D eigenvalue weighted by atomic mass is 10.3. The van der Waals surface area contributed by atoms with E-state index in [9.17, 15) is 0 Å². The van der Waals surface area contributed by atoms with Gasteiger partial charge < -0.3 is 48.3 Å². The van der Waals surface area contributed by atoms with E-state index in [0.717, 1.165) is 19.3 Å². The Labute approximate surface area is 196 Å². The molecule has 2 N–H and O–H groups in total. The maximum Gasteiger partial charge on any atom is 0.140 e. The summed E-state index contributed by atoms with van der Waals surface area (Å²) in [5.74, 6) is 0. The van der Waals surface area contributed by atoms with E-state index in [4.69, 9.17) is 48.3 Å². The summed E-state index contributed by atoms with van der Waals surface area (Å²) in [6.45, 7) is 6.22. The molecule has 0 aliphatic rings. The van der Waals surface area contributed by atoms with Crippen LogP contribution in [-0.2, 0) is 38.1 Å². The molecule has 0 bridgehead atoms. The van der Waals surface area contributed by atoms with E-state index in [1.54, 1.807) is 12.4 Å². The van der Waals surface area contributed by atoms with E-state index >= 15 is 0 Å². The number of unbranched alkanes of at least 4 members (excludes halogenated alkanes) is 2. The van der Waals surface area contributed by atoms with Gasteiger partial charge in [0.2, 0.25) is 0 Å². The van der Waals surface area contributed by atoms with Gasteiger partial charge in [-0.25, -0.2) is 0 Å². The number of oxime groups is 2. The zero-order valence-corrected chi connectivity index (χ0v) is 19.6. The summed E-state index contributed by atoms with van der Waals surface area (Å²) < 4.78 is 31.4. The van der Waals surface area contributed by atoms with Gasteiger partial charge in [-0.1, -0.05) is 10.3 Å². The fraction of sp³-hybridized carbons (Fsp3) is 0.905. The molecular formula is C21H42N2O10. The van der Waals surface area contributed by atoms with E-state index in [0.29, 0.717) is 92.5 Å². The van der Waals surface area contributed by atoms with Crippen LogP contribution in [0.2, 0.25) is 0 Å². The van der Waals surface area contributed by atoms with Gasteiger partial charge in [-0.15, -0.1) is 0 Å². The number of nitrogens with zero attached hydrogens (tertiary/aromatic N) is 2. The van der Waals surface area contributed by atoms with Crippen molar-refractivity contribution in [2.45, 2.75) is 19.3 Å². The molecule has 0 aromatic carbocycles. The predicted octanol–water partition coefficient (Wildman–Crippen LogP) is 0.246. The first kappa shape index (κ1) is 31.6. The Morgan fingerprint density at radius 1 is 0.424 bits per heavy atom. The van der Waals surface area contributed by atoms with Crippen LogP contribution in [0.15, 0.2) is 10.3 Å². The molecule has 0 saturated heterocycles. The minimum atomic E-state index is 0.0230. The number of rotatable bonds is 28. The lowest BCUT2D eigenvalue weighted by molar-refractivity contribution is -0.00490. The third-order valence-electron chi connectivity index (χ3n) is 3.56. The van der Waals surface area contributed by atoms with Crippen molar-refractivity contribution in [2.24, 2.45) is 10.3 Å². The second kappa shape index (κ2) is 30.6. The summed E-state index contributed by atoms with van der Waals surface area (Å²) in [5, 5.41) is 24.8. The average molecular weight is 483 g/mol. The van der Waals surface area contributed by atoms with Crippen molar-refractivity contribution >= 4 is 12.4 Å². The smallest absolute Gasteiger partial charge is 0.140 e. The monoisotopic (exact) mass is 482 g/mol. The fourth-order valence-electron chi connectivity index (χ4n) is 2.02. The van der Waals surface area contributed by atoms with Crippen molar-refractivity contribution in [1.29, 1.82) is 0 Å². The zero-order chi connectivity index (χ0) is 23.9. The van der Waals surface area contributed by atoms with Crippen LogP contribution in [0.1, 0.15) is 19.3 Å². The molecule has 0 unspecified atom stereocenters. The molecule has 0 heterocycles. The van der Waals surface area contributed by atoms with E-state index < -0.39 is 0 Å². The van der Waals surface area contributed by atoms with Gasteiger partial charge in [-0.2, -0.15) is 0 Å². The SMILES string of the molecule is OCCOCCOCCOCCON=CCCC/C=N\OCCOCCOCCOCCO. The number of ether oxygens (including phenoxy) is 6. The molecule has 0 aromatic rings. The molecule has 0 fully saturated rings. The molecule has 0 radical (unpaired) electrons. The molecule has 196 valence electrons. The Hall–Kier alpha value is -1.38. The summed E-state index contributed by atoms with van der Waals surface area (Å²) in [4.78, 5) is 10.2. The summed E-state index contributed by atoms with van der Waals surface area (Å²) in [7, 11) is 0. The Kier molecular flexibility index (Phi) is 29.3. The Bertz CT molecular complexity index is 381. The standard InChI is InChI=1S/C21H42N2O10/c24-6-8-26-10-12-28-14-16-30-18-20-32-22-4-2-1-3-5-23-33-21-19-31-17-15-29-13-11-27-9-7-25/h4-5,24-25H,1-3,6-21H2/b22-4-,23-5?. The summed E-state index contributed by atoms with van der Waals surface area (Å²) >= 11 is 0. The third-order valence-corrected chi connectivity index (χ3v) is 3.56. The third kappa shape index (κ3) is 30.6. The number of hydrogen-bond donors (Lipinski definition) is 2. The minimum Gasteiger partial charge on any atom is -0.394 e. The van der Waals surface area contributed by atoms with Gasteiger partial charge in [0, 0.05) is 12.4 Å². The molecule has 12 heteroatoms. The highest BCUT2D eigenvalue weighted by atomic mass is 16.6. The molecule has 0 amide bonds. The van der Waals surface area contributed by atoms with Crippen LogP contribution in [-0.4, -0.2) is 128 Å². The van der Waals surface area contributed by atoms with Crippen molar-refractivity contribution in [3.63, 3.8) is 0 Å². The number of hydrogen-bond acceptors (Lipinski definition) is 12. The van der Waals surface area contributed by atoms with Crippen LogP contribution < -0.4 is 0 Å². The van der Waals surface area contributed by atoms with E-state index in [2.05, 4.69) is 10.3 Å². The molecule has 0 aromatic heterocycles. The van der Waals surface area contributed by atoms with E-state index in [1.807, 2.05) is 0 Å². The van der Waals surface area contributed by atoms with Gasteiger partial charge in [-0.05, 0) is 19.3 Å². The van der Waals surface area contributed by atoms with Gasteiger partial charge in [0.15, 0.2) is 0 Å². The van der Waals surface area contributed by atoms with Crippen molar-refractivity contribution in [3.8, 4) is 0 Å². The van der Waals surface area contributed by atoms with Crippen LogP contribution in [0.4, 0.5) is 0 Å². The predicted molar refractivity (Wildman–Crippen MR) is 122 cm³/mol. The Morgan fingerprint density at radius 3 is 1.06 bits per heavy atom. The highest BCUT2D eigenvalue weighted by Crippen LogP contribution is 1.91. The van der Waals surface area contributed by atoms with Gasteiger partial charge in [0.1, 0.15) is 13.2 Å². The van der Waals surface area contributed by atoms with Gasteiger partial charge >= 0.3 is 0 Å². The van der Waals surface area contributed by atoms with E-state index in [1.165, 1.54) is 0 Å². The molecule has 0 aliphatic carbocycles. The second-order valence-electron chi connectivity index (χ2n) is 6.29. The summed E-state index contributed by atoms with van der Waals surface area (Å²) in [6, 6.07) is 0. The fourth-order valence-corrected chi connectivity index (χ4v) is 2.02. The first-order valence-electron chi connectivity index (χ1n) is 11.4. The average Bonchev–Trinajstić information content (AvgIpc) is 2.83. The van der Waals surface area contributed by atoms with E-state index in [-0.39, 0.29) is 13.2 Å². The van der Waals surface area contributed by atoms with Gasteiger partial charge in [0.05, 0.1) is 92.5 Å². The molecular weight excluding hydrogens is 440 g/mol. The summed E-state index contributed by atoms with van der Waals surface area (Å²) in [6.07, 6.45) is 5.91. The summed E-state index contributed by atoms with van der Waals surface area (Å²) in [5.41, 5.74) is 0. The molecule has 12 nitrogen and oxygen atoms in total. The quantitative estimate of drug-likeness (QED) is 0.0906. The highest BCUT2D eigenvalue weighted by molar-refractivity contribution is 5.59. The van der Waals surface area contributed by atoms with Crippen LogP contribution in [0, 0.1) is 0 Å². The van der Waals surface area contributed by atoms with Crippen LogP contribution >= 0.6 is 0 Å². The lowest BCUT2D eigenvalue weighted by Crippen LogP contribution is -2.12. The van der Waals surface area contributed by atoms with Crippen LogP contribution in [0.25, 0.3) is 0 Å². The van der Waals surface area contributed by atoms with Crippen molar-refractivity contribution in [2.75, 3.05) is 106 Å². The molecule has 0 atom stereocenters. The van der Waals surface area contributed by atoms with Crippen molar-refractivity contribution in [1.82, 2.24) is 0 Å². The first-order valence-corrected chi connectivity index (χ1v) is 11.4. The molecule has 0 spiro atoms. The zero-order valence-electron chi connectivity index (χ0n) is 19.6. The minimum absolute atomic E-state index is 0.0230. The Balaban J connectivity index is 3.14. The maximum absolute atomic E-state index is 8.54. The number of aliphatic hydroxyl groups excluding tert-OH is 2. The lowest BCUT2D eigenvalue weighted by Gasteiger charge is -2.05. The van der Waals surface area contributed by atoms with Crippen molar-refractivity contribution < 1.29 is 48.3 Å². The molecule has 0 aliphatic heterocycles. The molecule has 0 saturated carbocycles. The largest absolute Gasteiger partial charge is 0.394 e. The van der Waals surface area contributed by atoms with Gasteiger partial charge in [0.25, 0.3) is 0 Å². The molecule has 33 heavy (non-hydrogen) atoms. The van der Waals surface area contributed by atoms with Gasteiger partial charge in [-0.3, -0.25) is 0 Å². The number of aliphatic hydroxyl groups is 2. The first-order chi connectivity index (χ1) is 16.4. The van der Waals surface area contributed by atoms with Crippen molar-refractivity contribution in [3.05, 3.63) is 0 Å². The second-order valence-corrected chi connectivity index (χ2v) is 6.29. The van der Waals surface area contributed by atoms with Crippen LogP contribution in [0.3, 0.4) is 0 Å². The molecule has 0 rings (SSSR count). The normalized spacial score (nSPS) is 11.7. The maximum atomic E-state index is 8.54. The van der Waals surface area contributed by atoms with Crippen LogP contribution in [0.5, 0.6) is 0 Å².